The number of amides is 3. The highest BCUT2D eigenvalue weighted by atomic mass is 35.5. The van der Waals surface area contributed by atoms with Gasteiger partial charge >= 0.3 is 6.03 Å². The van der Waals surface area contributed by atoms with Crippen LogP contribution in [0.1, 0.15) is 31.7 Å². The number of nitrogens with zero attached hydrogens (tertiary/aromatic N) is 4. The topological polar surface area (TPSA) is 105 Å². The molecule has 36 heavy (non-hydrogen) atoms. The summed E-state index contributed by atoms with van der Waals surface area (Å²) in [7, 11) is -3.12. The molecule has 1 N–H and O–H groups in total. The van der Waals surface area contributed by atoms with Gasteiger partial charge in [0.1, 0.15) is 22.2 Å². The predicted octanol–water partition coefficient (Wildman–Crippen LogP) is 3.59. The first-order valence-corrected chi connectivity index (χ1v) is 14.2. The third kappa shape index (κ3) is 5.99. The fraction of sp³-hybridized carbons (Fsp3) is 0.400. The lowest BCUT2D eigenvalue weighted by Gasteiger charge is -2.23. The molecule has 0 unspecified atom stereocenters. The molecule has 192 valence electrons. The summed E-state index contributed by atoms with van der Waals surface area (Å²) >= 11 is 6.19. The molecule has 0 aliphatic carbocycles. The Morgan fingerprint density at radius 3 is 2.64 bits per heavy atom. The van der Waals surface area contributed by atoms with E-state index in [4.69, 9.17) is 16.6 Å². The molecule has 0 saturated heterocycles. The molecule has 2 aromatic carbocycles. The third-order valence-corrected chi connectivity index (χ3v) is 7.22. The number of hydrogen-bond acceptors (Lipinski definition) is 5. The number of fused-ring (bicyclic) bond motifs is 2. The molecule has 0 spiro atoms. The summed E-state index contributed by atoms with van der Waals surface area (Å²) < 4.78 is 25.4. The molecule has 4 rings (SSSR count). The summed E-state index contributed by atoms with van der Waals surface area (Å²) in [6.07, 6.45) is 1.63. The number of nitrogens with one attached hydrogen (secondary N) is 1. The first-order valence-electron chi connectivity index (χ1n) is 11.8. The van der Waals surface area contributed by atoms with Crippen molar-refractivity contribution in [1.29, 1.82) is 0 Å². The van der Waals surface area contributed by atoms with Crippen molar-refractivity contribution in [2.24, 2.45) is 0 Å². The molecular formula is C25H30ClN5O4S. The Balaban J connectivity index is 1.70. The zero-order valence-electron chi connectivity index (χ0n) is 20.6. The van der Waals surface area contributed by atoms with Crippen molar-refractivity contribution < 1.29 is 18.0 Å². The molecular weight excluding hydrogens is 502 g/mol. The van der Waals surface area contributed by atoms with E-state index < -0.39 is 9.84 Å². The van der Waals surface area contributed by atoms with Crippen molar-refractivity contribution in [3.05, 3.63) is 58.9 Å². The minimum absolute atomic E-state index is 0.0467. The summed E-state index contributed by atoms with van der Waals surface area (Å²) in [5.41, 5.74) is 3.06. The van der Waals surface area contributed by atoms with Gasteiger partial charge in [-0.2, -0.15) is 0 Å². The molecule has 1 aliphatic rings. The van der Waals surface area contributed by atoms with E-state index in [-0.39, 0.29) is 36.8 Å². The minimum atomic E-state index is -3.12. The zero-order chi connectivity index (χ0) is 26.0. The number of benzene rings is 2. The first-order chi connectivity index (χ1) is 17.0. The van der Waals surface area contributed by atoms with Crippen LogP contribution in [0.5, 0.6) is 0 Å². The maximum absolute atomic E-state index is 13.5. The van der Waals surface area contributed by atoms with E-state index in [0.717, 1.165) is 16.8 Å². The van der Waals surface area contributed by atoms with E-state index in [1.54, 1.807) is 17.0 Å². The Morgan fingerprint density at radius 1 is 1.17 bits per heavy atom. The molecule has 2 heterocycles. The monoisotopic (exact) mass is 531 g/mol. The second-order valence-electron chi connectivity index (χ2n) is 9.36. The maximum Gasteiger partial charge on any atom is 0.318 e. The van der Waals surface area contributed by atoms with Crippen molar-refractivity contribution in [2.75, 3.05) is 23.5 Å². The number of carbonyl (C=O) groups excluding carboxylic acids is 2. The standard InChI is InChI=1S/C25H30ClN5O4S/c1-17(2)27-25(33)29-14-18-7-4-5-8-21(18)31(24(32)16-29)15-23-28-20-13-19(26)9-10-22(20)30(23)11-6-12-36(3,34)35/h4-5,7-10,13,17H,6,11-12,14-16H2,1-3H3,(H,27,33). The molecule has 1 aliphatic heterocycles. The number of hydrogen-bond donors (Lipinski definition) is 1. The average Bonchev–Trinajstić information content (AvgIpc) is 3.04. The Hall–Kier alpha value is -3.11. The van der Waals surface area contributed by atoms with Crippen molar-refractivity contribution in [3.8, 4) is 0 Å². The number of rotatable bonds is 7. The third-order valence-electron chi connectivity index (χ3n) is 5.96. The minimum Gasteiger partial charge on any atom is -0.336 e. The van der Waals surface area contributed by atoms with Crippen LogP contribution in [0.25, 0.3) is 11.0 Å². The van der Waals surface area contributed by atoms with E-state index in [1.165, 1.54) is 11.2 Å². The summed E-state index contributed by atoms with van der Waals surface area (Å²) in [4.78, 5) is 34.1. The number of para-hydroxylation sites is 1. The van der Waals surface area contributed by atoms with Gasteiger partial charge in [0.25, 0.3) is 0 Å². The SMILES string of the molecule is CC(C)NC(=O)N1CC(=O)N(Cc2nc3cc(Cl)ccc3n2CCCS(C)(=O)=O)c2ccccc2C1. The lowest BCUT2D eigenvalue weighted by Crippen LogP contribution is -2.46. The lowest BCUT2D eigenvalue weighted by molar-refractivity contribution is -0.119. The number of imidazole rings is 1. The van der Waals surface area contributed by atoms with Gasteiger partial charge < -0.3 is 19.7 Å². The molecule has 11 heteroatoms. The highest BCUT2D eigenvalue weighted by Crippen LogP contribution is 2.29. The van der Waals surface area contributed by atoms with Crippen molar-refractivity contribution >= 4 is 50.1 Å². The van der Waals surface area contributed by atoms with E-state index in [1.807, 2.05) is 48.7 Å². The van der Waals surface area contributed by atoms with Gasteiger partial charge in [-0.15, -0.1) is 0 Å². The smallest absolute Gasteiger partial charge is 0.318 e. The number of aromatic nitrogens is 2. The Morgan fingerprint density at radius 2 is 1.92 bits per heavy atom. The van der Waals surface area contributed by atoms with Gasteiger partial charge in [0.15, 0.2) is 0 Å². The van der Waals surface area contributed by atoms with Crippen LogP contribution >= 0.6 is 11.6 Å². The molecule has 0 atom stereocenters. The summed E-state index contributed by atoms with van der Waals surface area (Å²) in [6, 6.07) is 12.5. The molecule has 0 fully saturated rings. The number of urea groups is 1. The Labute approximate surface area is 216 Å². The van der Waals surface area contributed by atoms with Gasteiger partial charge in [-0.25, -0.2) is 18.2 Å². The van der Waals surface area contributed by atoms with E-state index in [9.17, 15) is 18.0 Å². The number of carbonyl (C=O) groups is 2. The van der Waals surface area contributed by atoms with Crippen LogP contribution in [0.3, 0.4) is 0 Å². The summed E-state index contributed by atoms with van der Waals surface area (Å²) in [5.74, 6) is 0.432. The zero-order valence-corrected chi connectivity index (χ0v) is 22.1. The van der Waals surface area contributed by atoms with Crippen LogP contribution in [0, 0.1) is 0 Å². The number of sulfone groups is 1. The highest BCUT2D eigenvalue weighted by Gasteiger charge is 2.30. The summed E-state index contributed by atoms with van der Waals surface area (Å²) in [6.45, 7) is 4.56. The number of anilines is 1. The van der Waals surface area contributed by atoms with Gasteiger partial charge in [-0.3, -0.25) is 4.79 Å². The molecule has 1 aromatic heterocycles. The van der Waals surface area contributed by atoms with Gasteiger partial charge in [0.05, 0.1) is 29.9 Å². The van der Waals surface area contributed by atoms with Crippen LogP contribution < -0.4 is 10.2 Å². The predicted molar refractivity (Wildman–Crippen MR) is 141 cm³/mol. The van der Waals surface area contributed by atoms with Gasteiger partial charge in [-0.1, -0.05) is 29.8 Å². The average molecular weight is 532 g/mol. The fourth-order valence-corrected chi connectivity index (χ4v) is 5.18. The van der Waals surface area contributed by atoms with Crippen molar-refractivity contribution in [3.63, 3.8) is 0 Å². The normalized spacial score (nSPS) is 14.3. The van der Waals surface area contributed by atoms with E-state index >= 15 is 0 Å². The molecule has 0 radical (unpaired) electrons. The van der Waals surface area contributed by atoms with Crippen LogP contribution in [-0.4, -0.2) is 59.4 Å². The van der Waals surface area contributed by atoms with Gasteiger partial charge in [-0.05, 0) is 50.1 Å². The maximum atomic E-state index is 13.5. The molecule has 0 saturated carbocycles. The van der Waals surface area contributed by atoms with Crippen LogP contribution in [0.2, 0.25) is 5.02 Å². The number of aryl methyl sites for hydroxylation is 1. The molecule has 3 amide bonds. The number of halogens is 1. The van der Waals surface area contributed by atoms with Crippen molar-refractivity contribution in [1.82, 2.24) is 19.8 Å². The quantitative estimate of drug-likeness (QED) is 0.501. The van der Waals surface area contributed by atoms with Crippen LogP contribution in [0.4, 0.5) is 10.5 Å². The second-order valence-corrected chi connectivity index (χ2v) is 12.1. The Bertz CT molecular complexity index is 1400. The van der Waals surface area contributed by atoms with Crippen molar-refractivity contribution in [2.45, 2.75) is 45.9 Å². The van der Waals surface area contributed by atoms with Gasteiger partial charge in [0, 0.05) is 29.6 Å². The Kier molecular flexibility index (Phi) is 7.56. The molecule has 9 nitrogen and oxygen atoms in total. The fourth-order valence-electron chi connectivity index (χ4n) is 4.36. The van der Waals surface area contributed by atoms with Crippen LogP contribution in [0.15, 0.2) is 42.5 Å². The highest BCUT2D eigenvalue weighted by molar-refractivity contribution is 7.90. The molecule has 3 aromatic rings. The molecule has 0 bridgehead atoms. The lowest BCUT2D eigenvalue weighted by atomic mass is 10.1. The first kappa shape index (κ1) is 26.0. The summed E-state index contributed by atoms with van der Waals surface area (Å²) in [5, 5.41) is 3.40. The van der Waals surface area contributed by atoms with E-state index in [0.29, 0.717) is 35.9 Å². The van der Waals surface area contributed by atoms with Gasteiger partial charge in [0.2, 0.25) is 5.91 Å². The van der Waals surface area contributed by atoms with Crippen LogP contribution in [-0.2, 0) is 34.3 Å². The van der Waals surface area contributed by atoms with E-state index in [2.05, 4.69) is 5.32 Å². The largest absolute Gasteiger partial charge is 0.336 e. The second kappa shape index (κ2) is 10.5.